The van der Waals surface area contributed by atoms with Gasteiger partial charge in [-0.3, -0.25) is 0 Å². The first-order valence-corrected chi connectivity index (χ1v) is 8.44. The minimum atomic E-state index is -0.843. The minimum Gasteiger partial charge on any atom is -0.478 e. The molecule has 4 heteroatoms. The lowest BCUT2D eigenvalue weighted by atomic mass is 10.0. The van der Waals surface area contributed by atoms with Gasteiger partial charge in [0.1, 0.15) is 0 Å². The summed E-state index contributed by atoms with van der Waals surface area (Å²) in [7, 11) is 0. The number of hydrogen-bond donors (Lipinski definition) is 2. The molecule has 1 aromatic carbocycles. The number of carboxylic acid groups (broad SMARTS) is 1. The predicted octanol–water partition coefficient (Wildman–Crippen LogP) is 4.49. The van der Waals surface area contributed by atoms with Crippen molar-refractivity contribution in [1.29, 1.82) is 0 Å². The number of nitrogens with one attached hydrogen (secondary N) is 1. The Kier molecular flexibility index (Phi) is 5.77. The summed E-state index contributed by atoms with van der Waals surface area (Å²) >= 11 is 1.58. The van der Waals surface area contributed by atoms with E-state index in [9.17, 15) is 9.90 Å². The highest BCUT2D eigenvalue weighted by atomic mass is 32.2. The fourth-order valence-electron chi connectivity index (χ4n) is 2.88. The van der Waals surface area contributed by atoms with E-state index < -0.39 is 5.97 Å². The van der Waals surface area contributed by atoms with E-state index >= 15 is 0 Å². The van der Waals surface area contributed by atoms with Gasteiger partial charge < -0.3 is 10.4 Å². The number of hydrogen-bond acceptors (Lipinski definition) is 3. The second kappa shape index (κ2) is 7.58. The van der Waals surface area contributed by atoms with Gasteiger partial charge >= 0.3 is 5.97 Å². The molecule has 2 rings (SSSR count). The number of rotatable bonds is 7. The van der Waals surface area contributed by atoms with E-state index in [1.54, 1.807) is 11.8 Å². The summed E-state index contributed by atoms with van der Waals surface area (Å²) in [5.41, 5.74) is 1.18. The molecule has 0 radical (unpaired) electrons. The first kappa shape index (κ1) is 15.2. The first-order valence-electron chi connectivity index (χ1n) is 7.45. The molecule has 0 aromatic heterocycles. The Morgan fingerprint density at radius 1 is 1.40 bits per heavy atom. The van der Waals surface area contributed by atoms with Crippen molar-refractivity contribution in [2.24, 2.45) is 5.92 Å². The maximum atomic E-state index is 11.5. The summed E-state index contributed by atoms with van der Waals surface area (Å²) < 4.78 is 0. The normalized spacial score (nSPS) is 15.4. The highest BCUT2D eigenvalue weighted by molar-refractivity contribution is 7.99. The van der Waals surface area contributed by atoms with Crippen molar-refractivity contribution in [2.75, 3.05) is 17.6 Å². The smallest absolute Gasteiger partial charge is 0.338 e. The van der Waals surface area contributed by atoms with Crippen LogP contribution in [0.25, 0.3) is 0 Å². The SMILES string of the molecule is CCSc1cccc(NCCC2CCCC2)c1C(=O)O. The summed E-state index contributed by atoms with van der Waals surface area (Å²) in [5.74, 6) is 0.861. The minimum absolute atomic E-state index is 0.422. The Labute approximate surface area is 125 Å². The van der Waals surface area contributed by atoms with Crippen LogP contribution in [-0.2, 0) is 0 Å². The van der Waals surface area contributed by atoms with Crippen molar-refractivity contribution < 1.29 is 9.90 Å². The maximum absolute atomic E-state index is 11.5. The average Bonchev–Trinajstić information content (AvgIpc) is 2.92. The Bertz CT molecular complexity index is 456. The molecule has 1 aliphatic rings. The molecule has 0 spiro atoms. The topological polar surface area (TPSA) is 49.3 Å². The van der Waals surface area contributed by atoms with Crippen molar-refractivity contribution >= 4 is 23.4 Å². The Morgan fingerprint density at radius 2 is 2.15 bits per heavy atom. The molecule has 3 nitrogen and oxygen atoms in total. The molecule has 0 atom stereocenters. The van der Waals surface area contributed by atoms with Gasteiger partial charge in [-0.1, -0.05) is 38.7 Å². The molecular weight excluding hydrogens is 270 g/mol. The molecule has 2 N–H and O–H groups in total. The zero-order chi connectivity index (χ0) is 14.4. The predicted molar refractivity (Wildman–Crippen MR) is 84.9 cm³/mol. The highest BCUT2D eigenvalue weighted by Gasteiger charge is 2.17. The van der Waals surface area contributed by atoms with Gasteiger partial charge in [-0.05, 0) is 30.2 Å². The molecule has 110 valence electrons. The number of aromatic carboxylic acids is 1. The van der Waals surface area contributed by atoms with Gasteiger partial charge in [0.05, 0.1) is 5.56 Å². The maximum Gasteiger partial charge on any atom is 0.338 e. The van der Waals surface area contributed by atoms with Crippen LogP contribution in [0.2, 0.25) is 0 Å². The summed E-state index contributed by atoms with van der Waals surface area (Å²) in [6, 6.07) is 5.69. The Hall–Kier alpha value is -1.16. The standard InChI is InChI=1S/C16H23NO2S/c1-2-20-14-9-5-8-13(15(14)16(18)19)17-11-10-12-6-3-4-7-12/h5,8-9,12,17H,2-4,6-7,10-11H2,1H3,(H,18,19). The zero-order valence-electron chi connectivity index (χ0n) is 12.0. The number of carboxylic acids is 1. The van der Waals surface area contributed by atoms with Gasteiger partial charge in [0.2, 0.25) is 0 Å². The lowest BCUT2D eigenvalue weighted by Gasteiger charge is -2.14. The number of thioether (sulfide) groups is 1. The van der Waals surface area contributed by atoms with E-state index in [-0.39, 0.29) is 0 Å². The monoisotopic (exact) mass is 293 g/mol. The van der Waals surface area contributed by atoms with Crippen molar-refractivity contribution in [3.63, 3.8) is 0 Å². The number of carbonyl (C=O) groups is 1. The van der Waals surface area contributed by atoms with Gasteiger partial charge in [-0.25, -0.2) is 4.79 Å². The van der Waals surface area contributed by atoms with E-state index in [0.717, 1.165) is 35.2 Å². The molecule has 1 fully saturated rings. The van der Waals surface area contributed by atoms with Crippen LogP contribution in [0.4, 0.5) is 5.69 Å². The van der Waals surface area contributed by atoms with Gasteiger partial charge in [0.25, 0.3) is 0 Å². The molecule has 1 saturated carbocycles. The molecule has 0 saturated heterocycles. The van der Waals surface area contributed by atoms with Gasteiger partial charge in [-0.2, -0.15) is 0 Å². The second-order valence-corrected chi connectivity index (χ2v) is 6.59. The number of benzene rings is 1. The lowest BCUT2D eigenvalue weighted by molar-refractivity contribution is 0.0694. The van der Waals surface area contributed by atoms with E-state index in [1.165, 1.54) is 25.7 Å². The van der Waals surface area contributed by atoms with Crippen LogP contribution in [0.5, 0.6) is 0 Å². The third-order valence-corrected chi connectivity index (χ3v) is 4.82. The molecule has 0 aliphatic heterocycles. The van der Waals surface area contributed by atoms with Crippen LogP contribution in [0.15, 0.2) is 23.1 Å². The van der Waals surface area contributed by atoms with Gasteiger partial charge in [-0.15, -0.1) is 11.8 Å². The van der Waals surface area contributed by atoms with Crippen LogP contribution in [0, 0.1) is 5.92 Å². The van der Waals surface area contributed by atoms with Crippen LogP contribution >= 0.6 is 11.8 Å². The van der Waals surface area contributed by atoms with Crippen molar-refractivity contribution in [2.45, 2.75) is 43.9 Å². The molecule has 0 unspecified atom stereocenters. The van der Waals surface area contributed by atoms with Crippen LogP contribution in [0.3, 0.4) is 0 Å². The molecule has 0 bridgehead atoms. The third kappa shape index (κ3) is 3.92. The number of anilines is 1. The summed E-state index contributed by atoms with van der Waals surface area (Å²) in [6.45, 7) is 2.90. The van der Waals surface area contributed by atoms with E-state index in [0.29, 0.717) is 5.56 Å². The fraction of sp³-hybridized carbons (Fsp3) is 0.562. The molecule has 1 aromatic rings. The lowest BCUT2D eigenvalue weighted by Crippen LogP contribution is -2.11. The Morgan fingerprint density at radius 3 is 2.80 bits per heavy atom. The largest absolute Gasteiger partial charge is 0.478 e. The van der Waals surface area contributed by atoms with Crippen LogP contribution in [-0.4, -0.2) is 23.4 Å². The van der Waals surface area contributed by atoms with Crippen molar-refractivity contribution in [3.8, 4) is 0 Å². The molecular formula is C16H23NO2S. The van der Waals surface area contributed by atoms with E-state index in [2.05, 4.69) is 5.32 Å². The molecule has 0 amide bonds. The van der Waals surface area contributed by atoms with Crippen LogP contribution < -0.4 is 5.32 Å². The first-order chi connectivity index (χ1) is 9.72. The molecule has 0 heterocycles. The van der Waals surface area contributed by atoms with Crippen molar-refractivity contribution in [1.82, 2.24) is 0 Å². The van der Waals surface area contributed by atoms with E-state index in [1.807, 2.05) is 25.1 Å². The summed E-state index contributed by atoms with van der Waals surface area (Å²) in [5, 5.41) is 12.8. The summed E-state index contributed by atoms with van der Waals surface area (Å²) in [4.78, 5) is 12.3. The Balaban J connectivity index is 2.01. The zero-order valence-corrected chi connectivity index (χ0v) is 12.8. The fourth-order valence-corrected chi connectivity index (χ4v) is 3.71. The van der Waals surface area contributed by atoms with Gasteiger partial charge in [0.15, 0.2) is 0 Å². The summed E-state index contributed by atoms with van der Waals surface area (Å²) in [6.07, 6.45) is 6.52. The van der Waals surface area contributed by atoms with Gasteiger partial charge in [0, 0.05) is 17.1 Å². The molecule has 20 heavy (non-hydrogen) atoms. The average molecular weight is 293 g/mol. The third-order valence-electron chi connectivity index (χ3n) is 3.88. The van der Waals surface area contributed by atoms with E-state index in [4.69, 9.17) is 0 Å². The molecule has 1 aliphatic carbocycles. The highest BCUT2D eigenvalue weighted by Crippen LogP contribution is 2.30. The quantitative estimate of drug-likeness (QED) is 0.727. The van der Waals surface area contributed by atoms with Crippen molar-refractivity contribution in [3.05, 3.63) is 23.8 Å². The second-order valence-electron chi connectivity index (χ2n) is 5.28. The van der Waals surface area contributed by atoms with Crippen LogP contribution in [0.1, 0.15) is 49.4 Å².